The molecule has 0 fully saturated rings. The first-order valence-corrected chi connectivity index (χ1v) is 4.84. The molecule has 0 atom stereocenters. The van der Waals surface area contributed by atoms with Crippen LogP contribution in [-0.4, -0.2) is 24.7 Å². The molecule has 0 saturated heterocycles. The summed E-state index contributed by atoms with van der Waals surface area (Å²) in [5.41, 5.74) is -2.30. The number of hydrogen-bond acceptors (Lipinski definition) is 2. The minimum absolute atomic E-state index is 0.319. The third kappa shape index (κ3) is 1.87. The van der Waals surface area contributed by atoms with Crippen LogP contribution in [0.5, 0.6) is 5.75 Å². The smallest absolute Gasteiger partial charge is 0.173 e. The summed E-state index contributed by atoms with van der Waals surface area (Å²) in [4.78, 5) is 11.6. The Morgan fingerprint density at radius 2 is 1.88 bits per heavy atom. The monoisotopic (exact) mass is 248 g/mol. The van der Waals surface area contributed by atoms with Crippen molar-refractivity contribution < 1.29 is 27.1 Å². The second-order valence-corrected chi connectivity index (χ2v) is 3.92. The number of carbonyl (C=O) groups excluding carboxylic acids is 1. The average molecular weight is 248 g/mol. The van der Waals surface area contributed by atoms with Crippen molar-refractivity contribution >= 4 is 5.78 Å². The molecule has 0 bridgehead atoms. The molecule has 0 aliphatic carbocycles. The van der Waals surface area contributed by atoms with E-state index in [-0.39, 0.29) is 5.56 Å². The molecule has 1 heterocycles. The molecule has 2 nitrogen and oxygen atoms in total. The van der Waals surface area contributed by atoms with Gasteiger partial charge in [-0.1, -0.05) is 0 Å². The fraction of sp³-hybridized carbons (Fsp3) is 0.364. The van der Waals surface area contributed by atoms with E-state index in [1.54, 1.807) is 0 Å². The van der Waals surface area contributed by atoms with Crippen LogP contribution in [0.25, 0.3) is 0 Å². The fourth-order valence-corrected chi connectivity index (χ4v) is 1.70. The summed E-state index contributed by atoms with van der Waals surface area (Å²) in [6, 6.07) is 1.29. The number of Topliss-reactive ketones (excluding diaryl/α,β-unsaturated/α-hetero) is 1. The van der Waals surface area contributed by atoms with Crippen molar-refractivity contribution in [3.8, 4) is 5.75 Å². The Kier molecular flexibility index (Phi) is 2.81. The van der Waals surface area contributed by atoms with E-state index in [2.05, 4.69) is 0 Å². The number of halogens is 4. The normalized spacial score (nSPS) is 17.5. The zero-order valence-corrected chi connectivity index (χ0v) is 8.60. The Bertz CT molecular complexity index is 469. The molecule has 0 N–H and O–H groups in total. The first-order chi connectivity index (χ1) is 8.01. The molecule has 0 unspecified atom stereocenters. The molecule has 1 aliphatic heterocycles. The number of alkyl halides is 2. The largest absolute Gasteiger partial charge is 0.477 e. The lowest BCUT2D eigenvalue weighted by Gasteiger charge is -2.33. The molecule has 2 rings (SSSR count). The van der Waals surface area contributed by atoms with Crippen molar-refractivity contribution in [2.45, 2.75) is 12.0 Å². The molecular weight excluding hydrogens is 240 g/mol. The Morgan fingerprint density at radius 1 is 1.24 bits per heavy atom. The first-order valence-electron chi connectivity index (χ1n) is 4.84. The Balaban J connectivity index is 2.53. The predicted molar refractivity (Wildman–Crippen MR) is 50.6 cm³/mol. The maximum absolute atomic E-state index is 13.4. The second-order valence-electron chi connectivity index (χ2n) is 3.92. The van der Waals surface area contributed by atoms with E-state index in [0.29, 0.717) is 6.07 Å². The highest BCUT2D eigenvalue weighted by Crippen LogP contribution is 2.36. The predicted octanol–water partition coefficient (Wildman–Crippen LogP) is 2.61. The van der Waals surface area contributed by atoms with Crippen molar-refractivity contribution in [2.75, 3.05) is 13.3 Å². The summed E-state index contributed by atoms with van der Waals surface area (Å²) in [7, 11) is 0. The van der Waals surface area contributed by atoms with Gasteiger partial charge < -0.3 is 4.74 Å². The van der Waals surface area contributed by atoms with E-state index >= 15 is 0 Å². The number of ketones is 1. The van der Waals surface area contributed by atoms with E-state index in [9.17, 15) is 22.4 Å². The molecular formula is C11H8F4O2. The highest BCUT2D eigenvalue weighted by atomic mass is 19.1. The maximum Gasteiger partial charge on any atom is 0.173 e. The highest BCUT2D eigenvalue weighted by molar-refractivity contribution is 6.00. The Labute approximate surface area is 94.2 Å². The lowest BCUT2D eigenvalue weighted by Crippen LogP contribution is -2.46. The molecule has 6 heteroatoms. The second kappa shape index (κ2) is 4.01. The van der Waals surface area contributed by atoms with Crippen LogP contribution in [-0.2, 0) is 0 Å². The molecule has 1 aliphatic rings. The number of carbonyl (C=O) groups is 1. The first kappa shape index (κ1) is 11.9. The van der Waals surface area contributed by atoms with Gasteiger partial charge >= 0.3 is 0 Å². The maximum atomic E-state index is 13.4. The zero-order chi connectivity index (χ0) is 12.6. The quantitative estimate of drug-likeness (QED) is 0.752. The Morgan fingerprint density at radius 3 is 2.47 bits per heavy atom. The number of benzene rings is 1. The van der Waals surface area contributed by atoms with E-state index in [1.165, 1.54) is 0 Å². The molecule has 0 aromatic heterocycles. The third-order valence-corrected chi connectivity index (χ3v) is 2.60. The van der Waals surface area contributed by atoms with Gasteiger partial charge in [0.05, 0.1) is 12.0 Å². The van der Waals surface area contributed by atoms with Crippen LogP contribution in [0, 0.1) is 11.6 Å². The zero-order valence-electron chi connectivity index (χ0n) is 8.60. The fourth-order valence-electron chi connectivity index (χ4n) is 1.70. The third-order valence-electron chi connectivity index (χ3n) is 2.60. The van der Waals surface area contributed by atoms with Gasteiger partial charge in [-0.2, -0.15) is 0 Å². The summed E-state index contributed by atoms with van der Waals surface area (Å²) >= 11 is 0. The van der Waals surface area contributed by atoms with Crippen LogP contribution in [0.4, 0.5) is 17.6 Å². The number of fused-ring (bicyclic) bond motifs is 1. The van der Waals surface area contributed by atoms with Gasteiger partial charge in [-0.05, 0) is 6.07 Å². The summed E-state index contributed by atoms with van der Waals surface area (Å²) in [5, 5.41) is 0. The molecule has 0 amide bonds. The van der Waals surface area contributed by atoms with E-state index < -0.39 is 48.5 Å². The molecule has 1 aromatic carbocycles. The lowest BCUT2D eigenvalue weighted by atomic mass is 9.91. The van der Waals surface area contributed by atoms with Crippen LogP contribution in [0.3, 0.4) is 0 Å². The van der Waals surface area contributed by atoms with Crippen LogP contribution >= 0.6 is 0 Å². The van der Waals surface area contributed by atoms with E-state index in [1.807, 2.05) is 0 Å². The van der Waals surface area contributed by atoms with Gasteiger partial charge in [0.25, 0.3) is 0 Å². The highest BCUT2D eigenvalue weighted by Gasteiger charge is 2.42. The number of ether oxygens (including phenoxy) is 1. The molecule has 17 heavy (non-hydrogen) atoms. The summed E-state index contributed by atoms with van der Waals surface area (Å²) in [6.07, 6.45) is -0.574. The van der Waals surface area contributed by atoms with Gasteiger partial charge in [0, 0.05) is 6.07 Å². The van der Waals surface area contributed by atoms with Crippen LogP contribution < -0.4 is 4.74 Å². The molecule has 0 spiro atoms. The van der Waals surface area contributed by atoms with Crippen molar-refractivity contribution in [1.82, 2.24) is 0 Å². The number of hydrogen-bond donors (Lipinski definition) is 0. The number of rotatable bonds is 2. The molecule has 1 aromatic rings. The van der Waals surface area contributed by atoms with Gasteiger partial charge in [0.2, 0.25) is 0 Å². The van der Waals surface area contributed by atoms with Crippen LogP contribution in [0.2, 0.25) is 0 Å². The lowest BCUT2D eigenvalue weighted by molar-refractivity contribution is 0.00125. The summed E-state index contributed by atoms with van der Waals surface area (Å²) < 4.78 is 56.5. The summed E-state index contributed by atoms with van der Waals surface area (Å²) in [6.45, 7) is -2.52. The van der Waals surface area contributed by atoms with Crippen molar-refractivity contribution in [1.29, 1.82) is 0 Å². The van der Waals surface area contributed by atoms with Crippen molar-refractivity contribution in [3.05, 3.63) is 29.3 Å². The Hall–Kier alpha value is -1.59. The minimum Gasteiger partial charge on any atom is -0.477 e. The minimum atomic E-state index is -1.98. The van der Waals surface area contributed by atoms with Crippen molar-refractivity contribution in [2.24, 2.45) is 0 Å². The van der Waals surface area contributed by atoms with E-state index in [4.69, 9.17) is 4.74 Å². The van der Waals surface area contributed by atoms with Gasteiger partial charge in [-0.15, -0.1) is 0 Å². The topological polar surface area (TPSA) is 26.3 Å². The van der Waals surface area contributed by atoms with Crippen LogP contribution in [0.1, 0.15) is 16.8 Å². The van der Waals surface area contributed by atoms with Gasteiger partial charge in [-0.3, -0.25) is 4.79 Å². The van der Waals surface area contributed by atoms with Crippen LogP contribution in [0.15, 0.2) is 12.1 Å². The van der Waals surface area contributed by atoms with Gasteiger partial charge in [0.15, 0.2) is 23.0 Å². The molecule has 0 saturated carbocycles. The standard InChI is InChI=1S/C11H8F4O2/c12-4-11(5-13)3-9(16)7-1-6(14)2-8(15)10(7)17-11/h1-2H,3-5H2. The molecule has 0 radical (unpaired) electrons. The summed E-state index contributed by atoms with van der Waals surface area (Å²) in [5.74, 6) is -3.40. The average Bonchev–Trinajstić information content (AvgIpc) is 2.30. The SMILES string of the molecule is O=C1CC(CF)(CF)Oc2c(F)cc(F)cc21. The van der Waals surface area contributed by atoms with Gasteiger partial charge in [0.1, 0.15) is 19.2 Å². The van der Waals surface area contributed by atoms with Gasteiger partial charge in [-0.25, -0.2) is 17.6 Å². The van der Waals surface area contributed by atoms with E-state index in [0.717, 1.165) is 6.07 Å². The van der Waals surface area contributed by atoms with Crippen molar-refractivity contribution in [3.63, 3.8) is 0 Å². The molecule has 92 valence electrons.